The molecule has 150 valence electrons. The number of hydrogen-bond donors (Lipinski definition) is 1. The fraction of sp³-hybridized carbons (Fsp3) is 0.0455. The van der Waals surface area contributed by atoms with Gasteiger partial charge in [-0.15, -0.1) is 11.3 Å². The van der Waals surface area contributed by atoms with E-state index in [2.05, 4.69) is 25.6 Å². The van der Waals surface area contributed by atoms with E-state index < -0.39 is 12.1 Å². The van der Waals surface area contributed by atoms with Gasteiger partial charge < -0.3 is 10.1 Å². The Balaban J connectivity index is 1.48. The van der Waals surface area contributed by atoms with Gasteiger partial charge in [-0.05, 0) is 71.0 Å². The summed E-state index contributed by atoms with van der Waals surface area (Å²) < 4.78 is 10.9. The lowest BCUT2D eigenvalue weighted by molar-refractivity contribution is 0.0384. The summed E-state index contributed by atoms with van der Waals surface area (Å²) in [5, 5.41) is 4.66. The van der Waals surface area contributed by atoms with Crippen LogP contribution in [0.2, 0.25) is 0 Å². The van der Waals surface area contributed by atoms with Gasteiger partial charge in [0.2, 0.25) is 0 Å². The topological polar surface area (TPSA) is 68.3 Å². The van der Waals surface area contributed by atoms with Crippen LogP contribution >= 0.6 is 38.8 Å². The Labute approximate surface area is 189 Å². The molecular weight excluding hydrogens is 484 g/mol. The number of carbonyl (C=O) groups excluding carboxylic acids is 2. The van der Waals surface area contributed by atoms with Gasteiger partial charge in [-0.25, -0.2) is 9.17 Å². The molecule has 0 saturated carbocycles. The van der Waals surface area contributed by atoms with Crippen molar-refractivity contribution in [1.82, 2.24) is 4.37 Å². The zero-order chi connectivity index (χ0) is 20.9. The molecule has 0 saturated heterocycles. The molecule has 0 radical (unpaired) electrons. The third-order valence-corrected chi connectivity index (χ3v) is 6.42. The zero-order valence-electron chi connectivity index (χ0n) is 15.4. The first-order valence-corrected chi connectivity index (χ1v) is 11.4. The summed E-state index contributed by atoms with van der Waals surface area (Å²) in [4.78, 5) is 26.4. The Bertz CT molecular complexity index is 1130. The predicted molar refractivity (Wildman–Crippen MR) is 122 cm³/mol. The van der Waals surface area contributed by atoms with Gasteiger partial charge in [-0.3, -0.25) is 4.79 Å². The molecule has 2 heterocycles. The second-order valence-electron chi connectivity index (χ2n) is 6.26. The maximum absolute atomic E-state index is 12.8. The smallest absolute Gasteiger partial charge is 0.339 e. The van der Waals surface area contributed by atoms with Crippen LogP contribution in [0.1, 0.15) is 36.6 Å². The predicted octanol–water partition coefficient (Wildman–Crippen LogP) is 6.17. The van der Waals surface area contributed by atoms with Crippen molar-refractivity contribution in [2.24, 2.45) is 0 Å². The number of thiophene rings is 1. The number of hydrogen-bond acceptors (Lipinski definition) is 6. The summed E-state index contributed by atoms with van der Waals surface area (Å²) >= 11 is 6.08. The van der Waals surface area contributed by atoms with Crippen LogP contribution < -0.4 is 5.32 Å². The average molecular weight is 499 g/mol. The first-order valence-electron chi connectivity index (χ1n) is 8.92. The Morgan fingerprint density at radius 3 is 2.40 bits per heavy atom. The molecule has 1 N–H and O–H groups in total. The lowest BCUT2D eigenvalue weighted by atomic mass is 10.1. The quantitative estimate of drug-likeness (QED) is 0.323. The van der Waals surface area contributed by atoms with E-state index in [1.165, 1.54) is 22.9 Å². The first kappa shape index (κ1) is 20.5. The van der Waals surface area contributed by atoms with Crippen LogP contribution in [0, 0.1) is 0 Å². The molecule has 0 aliphatic rings. The molecule has 1 amide bonds. The van der Waals surface area contributed by atoms with E-state index in [1.54, 1.807) is 36.5 Å². The van der Waals surface area contributed by atoms with Crippen molar-refractivity contribution in [3.8, 4) is 0 Å². The number of anilines is 1. The van der Waals surface area contributed by atoms with E-state index in [-0.39, 0.29) is 5.91 Å². The summed E-state index contributed by atoms with van der Waals surface area (Å²) in [7, 11) is 0. The summed E-state index contributed by atoms with van der Waals surface area (Å²) in [6.45, 7) is 0. The number of halogens is 1. The summed E-state index contributed by atoms with van der Waals surface area (Å²) in [5.74, 6) is -0.631. The van der Waals surface area contributed by atoms with E-state index in [0.29, 0.717) is 16.1 Å². The molecule has 0 spiro atoms. The summed E-state index contributed by atoms with van der Waals surface area (Å²) in [5.41, 5.74) is 1.86. The van der Waals surface area contributed by atoms with Crippen molar-refractivity contribution >= 4 is 56.4 Å². The number of esters is 1. The maximum Gasteiger partial charge on any atom is 0.339 e. The molecule has 2 aromatic carbocycles. The van der Waals surface area contributed by atoms with Gasteiger partial charge in [0, 0.05) is 16.4 Å². The Kier molecular flexibility index (Phi) is 6.37. The normalized spacial score (nSPS) is 11.6. The molecule has 30 heavy (non-hydrogen) atoms. The van der Waals surface area contributed by atoms with Gasteiger partial charge in [0.15, 0.2) is 6.10 Å². The maximum atomic E-state index is 12.8. The highest BCUT2D eigenvalue weighted by Gasteiger charge is 2.22. The molecule has 5 nitrogen and oxygen atoms in total. The number of nitrogens with one attached hydrogen (secondary N) is 1. The van der Waals surface area contributed by atoms with Crippen LogP contribution in [-0.4, -0.2) is 16.3 Å². The Morgan fingerprint density at radius 1 is 1.00 bits per heavy atom. The van der Waals surface area contributed by atoms with Crippen LogP contribution in [0.25, 0.3) is 0 Å². The van der Waals surface area contributed by atoms with Crippen molar-refractivity contribution in [2.75, 3.05) is 5.32 Å². The van der Waals surface area contributed by atoms with Crippen LogP contribution in [0.5, 0.6) is 0 Å². The number of rotatable bonds is 6. The molecule has 0 aliphatic heterocycles. The third-order valence-electron chi connectivity index (χ3n) is 4.24. The average Bonchev–Trinajstić information content (AvgIpc) is 3.47. The molecule has 1 atom stereocenters. The number of benzene rings is 2. The van der Waals surface area contributed by atoms with Gasteiger partial charge >= 0.3 is 5.97 Å². The molecule has 4 rings (SSSR count). The van der Waals surface area contributed by atoms with Crippen molar-refractivity contribution in [2.45, 2.75) is 6.10 Å². The van der Waals surface area contributed by atoms with Crippen molar-refractivity contribution in [3.05, 3.63) is 104 Å². The standard InChI is InChI=1S/C22H15BrN2O3S2/c23-16-7-3-14(4-8-16)20(18-11-12-24-30-18)28-22(27)15-5-9-17(10-6-15)25-21(26)19-2-1-13-29-19/h1-13,20H,(H,25,26). The zero-order valence-corrected chi connectivity index (χ0v) is 18.7. The van der Waals surface area contributed by atoms with Crippen LogP contribution in [0.4, 0.5) is 5.69 Å². The molecule has 0 bridgehead atoms. The number of ether oxygens (including phenoxy) is 1. The molecule has 4 aromatic rings. The molecule has 8 heteroatoms. The molecule has 0 fully saturated rings. The SMILES string of the molecule is O=C(OC(c1ccc(Br)cc1)c1ccns1)c1ccc(NC(=O)c2cccs2)cc1. The number of aromatic nitrogens is 1. The third kappa shape index (κ3) is 4.84. The minimum absolute atomic E-state index is 0.180. The van der Waals surface area contributed by atoms with Crippen LogP contribution in [0.3, 0.4) is 0 Å². The molecule has 1 unspecified atom stereocenters. The number of carbonyl (C=O) groups is 2. The highest BCUT2D eigenvalue weighted by molar-refractivity contribution is 9.10. The van der Waals surface area contributed by atoms with Gasteiger partial charge in [0.05, 0.1) is 15.3 Å². The fourth-order valence-electron chi connectivity index (χ4n) is 2.75. The van der Waals surface area contributed by atoms with Crippen molar-refractivity contribution < 1.29 is 14.3 Å². The highest BCUT2D eigenvalue weighted by Crippen LogP contribution is 2.30. The minimum atomic E-state index is -0.545. The van der Waals surface area contributed by atoms with E-state index in [4.69, 9.17) is 4.74 Å². The first-order chi connectivity index (χ1) is 14.6. The Morgan fingerprint density at radius 2 is 1.77 bits per heavy atom. The van der Waals surface area contributed by atoms with Gasteiger partial charge in [-0.2, -0.15) is 0 Å². The molecule has 2 aromatic heterocycles. The Hall–Kier alpha value is -2.81. The second kappa shape index (κ2) is 9.34. The van der Waals surface area contributed by atoms with Gasteiger partial charge in [0.25, 0.3) is 5.91 Å². The summed E-state index contributed by atoms with van der Waals surface area (Å²) in [6, 6.07) is 19.7. The number of amides is 1. The van der Waals surface area contributed by atoms with Crippen molar-refractivity contribution in [3.63, 3.8) is 0 Å². The highest BCUT2D eigenvalue weighted by atomic mass is 79.9. The molecule has 0 aliphatic carbocycles. The van der Waals surface area contributed by atoms with E-state index >= 15 is 0 Å². The molecular formula is C22H15BrN2O3S2. The second-order valence-corrected chi connectivity index (χ2v) is 8.99. The lowest BCUT2D eigenvalue weighted by Gasteiger charge is -2.17. The fourth-order valence-corrected chi connectivity index (χ4v) is 4.28. The van der Waals surface area contributed by atoms with Gasteiger partial charge in [0.1, 0.15) is 0 Å². The van der Waals surface area contributed by atoms with Crippen molar-refractivity contribution in [1.29, 1.82) is 0 Å². The monoisotopic (exact) mass is 498 g/mol. The van der Waals surface area contributed by atoms with E-state index in [0.717, 1.165) is 14.9 Å². The summed E-state index contributed by atoms with van der Waals surface area (Å²) in [6.07, 6.45) is 1.14. The van der Waals surface area contributed by atoms with Gasteiger partial charge in [-0.1, -0.05) is 34.1 Å². The van der Waals surface area contributed by atoms with E-state index in [1.807, 2.05) is 41.8 Å². The van der Waals surface area contributed by atoms with Crippen LogP contribution in [0.15, 0.2) is 82.8 Å². The lowest BCUT2D eigenvalue weighted by Crippen LogP contribution is -2.13. The number of nitrogens with zero attached hydrogens (tertiary/aromatic N) is 1. The van der Waals surface area contributed by atoms with E-state index in [9.17, 15) is 9.59 Å². The van der Waals surface area contributed by atoms with Crippen LogP contribution in [-0.2, 0) is 4.74 Å². The minimum Gasteiger partial charge on any atom is -0.448 e. The largest absolute Gasteiger partial charge is 0.448 e.